The fourth-order valence-electron chi connectivity index (χ4n) is 4.64. The van der Waals surface area contributed by atoms with Gasteiger partial charge in [-0.15, -0.1) is 0 Å². The number of carbonyl (C=O) groups is 6. The molecule has 310 valence electrons. The molecule has 0 unspecified atom stereocenters. The summed E-state index contributed by atoms with van der Waals surface area (Å²) in [6.45, 7) is 19.2. The van der Waals surface area contributed by atoms with Gasteiger partial charge in [0.05, 0.1) is 24.0 Å². The van der Waals surface area contributed by atoms with Gasteiger partial charge in [-0.3, -0.25) is 19.2 Å². The first-order valence-electron chi connectivity index (χ1n) is 17.9. The highest BCUT2D eigenvalue weighted by Gasteiger charge is 2.33. The van der Waals surface area contributed by atoms with Crippen LogP contribution in [0.25, 0.3) is 0 Å². The van der Waals surface area contributed by atoms with Crippen molar-refractivity contribution in [1.29, 1.82) is 0 Å². The van der Waals surface area contributed by atoms with E-state index in [0.29, 0.717) is 0 Å². The van der Waals surface area contributed by atoms with Gasteiger partial charge in [0.25, 0.3) is 11.8 Å². The number of phenols is 2. The van der Waals surface area contributed by atoms with Gasteiger partial charge in [0.1, 0.15) is 70.7 Å². The van der Waals surface area contributed by atoms with Crippen LogP contribution in [0.1, 0.15) is 117 Å². The van der Waals surface area contributed by atoms with Gasteiger partial charge >= 0.3 is 23.9 Å². The van der Waals surface area contributed by atoms with Gasteiger partial charge in [0, 0.05) is 12.1 Å². The number of phenolic OH excluding ortho intramolecular Hbond substituents is 2. The molecule has 16 nitrogen and oxygen atoms in total. The Morgan fingerprint density at radius 2 is 0.821 bits per heavy atom. The van der Waals surface area contributed by atoms with Crippen LogP contribution in [0.4, 0.5) is 0 Å². The zero-order valence-electron chi connectivity index (χ0n) is 34.2. The van der Waals surface area contributed by atoms with Crippen LogP contribution in [0.2, 0.25) is 0 Å². The number of aromatic hydroxyl groups is 2. The first-order chi connectivity index (χ1) is 25.5. The SMILES string of the molecule is CC(C)(C)OC(=O)C[C@@H](NC(=O)c1ccc(O)cc1OCCOc1cc(O)ccc1C(=O)N[C@H](CC(=O)OC(C)(C)C)C(=O)OC(C)(C)C)C(=O)OC(C)(C)C. The number of benzene rings is 2. The van der Waals surface area contributed by atoms with Gasteiger partial charge in [-0.05, 0) is 107 Å². The molecule has 0 aliphatic rings. The molecule has 0 saturated carbocycles. The van der Waals surface area contributed by atoms with Gasteiger partial charge in [0.2, 0.25) is 0 Å². The van der Waals surface area contributed by atoms with Gasteiger partial charge in [-0.1, -0.05) is 0 Å². The zero-order valence-corrected chi connectivity index (χ0v) is 34.2. The summed E-state index contributed by atoms with van der Waals surface area (Å²) < 4.78 is 33.0. The third kappa shape index (κ3) is 17.3. The van der Waals surface area contributed by atoms with Crippen LogP contribution in [0.15, 0.2) is 36.4 Å². The highest BCUT2D eigenvalue weighted by molar-refractivity contribution is 6.01. The minimum Gasteiger partial charge on any atom is -0.508 e. The summed E-state index contributed by atoms with van der Waals surface area (Å²) in [5.74, 6) is -5.69. The summed E-state index contributed by atoms with van der Waals surface area (Å²) in [7, 11) is 0. The molecule has 2 amide bonds. The summed E-state index contributed by atoms with van der Waals surface area (Å²) in [4.78, 5) is 78.3. The van der Waals surface area contributed by atoms with E-state index in [1.54, 1.807) is 83.1 Å². The second-order valence-electron chi connectivity index (χ2n) is 16.8. The Kier molecular flexibility index (Phi) is 15.7. The molecule has 56 heavy (non-hydrogen) atoms. The number of hydrogen-bond acceptors (Lipinski definition) is 14. The van der Waals surface area contributed by atoms with Crippen LogP contribution in [0.3, 0.4) is 0 Å². The lowest BCUT2D eigenvalue weighted by atomic mass is 10.1. The van der Waals surface area contributed by atoms with Crippen molar-refractivity contribution in [2.75, 3.05) is 13.2 Å². The van der Waals surface area contributed by atoms with Crippen LogP contribution in [-0.4, -0.2) is 93.6 Å². The van der Waals surface area contributed by atoms with Crippen LogP contribution in [0.5, 0.6) is 23.0 Å². The molecule has 0 aromatic heterocycles. The van der Waals surface area contributed by atoms with E-state index in [4.69, 9.17) is 28.4 Å². The van der Waals surface area contributed by atoms with Crippen molar-refractivity contribution in [2.45, 2.75) is 130 Å². The molecule has 16 heteroatoms. The minimum absolute atomic E-state index is 0.115. The Morgan fingerprint density at radius 3 is 1.11 bits per heavy atom. The molecule has 0 spiro atoms. The minimum atomic E-state index is -1.43. The largest absolute Gasteiger partial charge is 0.508 e. The molecule has 0 radical (unpaired) electrons. The van der Waals surface area contributed by atoms with Gasteiger partial charge in [-0.2, -0.15) is 0 Å². The van der Waals surface area contributed by atoms with Crippen molar-refractivity contribution in [1.82, 2.24) is 10.6 Å². The number of nitrogens with one attached hydrogen (secondary N) is 2. The molecule has 2 rings (SSSR count). The molecule has 0 aliphatic carbocycles. The molecule has 4 N–H and O–H groups in total. The van der Waals surface area contributed by atoms with Gasteiger partial charge in [0.15, 0.2) is 0 Å². The lowest BCUT2D eigenvalue weighted by Gasteiger charge is -2.26. The molecule has 0 aliphatic heterocycles. The topological polar surface area (TPSA) is 222 Å². The Morgan fingerprint density at radius 1 is 0.518 bits per heavy atom. The van der Waals surface area contributed by atoms with E-state index in [9.17, 15) is 39.0 Å². The molecule has 0 heterocycles. The Hall–Kier alpha value is -5.54. The molecular weight excluding hydrogens is 732 g/mol. The van der Waals surface area contributed by atoms with E-state index in [-0.39, 0.29) is 47.3 Å². The van der Waals surface area contributed by atoms with Crippen LogP contribution < -0.4 is 20.1 Å². The lowest BCUT2D eigenvalue weighted by Crippen LogP contribution is -2.46. The van der Waals surface area contributed by atoms with E-state index in [0.717, 1.165) is 12.1 Å². The number of esters is 4. The second kappa shape index (κ2) is 18.9. The number of ether oxygens (including phenoxy) is 6. The van der Waals surface area contributed by atoms with Crippen LogP contribution >= 0.6 is 0 Å². The first kappa shape index (κ1) is 46.6. The average molecular weight is 789 g/mol. The van der Waals surface area contributed by atoms with Crippen molar-refractivity contribution < 1.29 is 67.4 Å². The monoisotopic (exact) mass is 788 g/mol. The predicted octanol–water partition coefficient (Wildman–Crippen LogP) is 4.90. The maximum absolute atomic E-state index is 13.5. The average Bonchev–Trinajstić information content (AvgIpc) is 2.99. The zero-order chi connectivity index (χ0) is 42.8. The summed E-state index contributed by atoms with van der Waals surface area (Å²) in [6, 6.07) is 4.37. The quantitative estimate of drug-likeness (QED) is 0.107. The molecule has 2 aromatic rings. The van der Waals surface area contributed by atoms with Crippen molar-refractivity contribution >= 4 is 35.7 Å². The number of rotatable bonds is 15. The van der Waals surface area contributed by atoms with E-state index < -0.39 is 83.0 Å². The molecular formula is C40H56N2O14. The fraction of sp³-hybridized carbons (Fsp3) is 0.550. The smallest absolute Gasteiger partial charge is 0.329 e. The number of carbonyl (C=O) groups excluding carboxylic acids is 6. The Bertz CT molecular complexity index is 1620. The van der Waals surface area contributed by atoms with Gasteiger partial charge in [-0.25, -0.2) is 9.59 Å². The standard InChI is InChI=1S/C40H56N2O14/c1-37(2,3)53-31(45)21-27(35(49)55-39(7,8)9)41-33(47)25-15-13-23(43)19-29(25)51-17-18-52-30-20-24(44)14-16-26(30)34(48)42-28(36(50)56-40(10,11)12)22-32(46)54-38(4,5)6/h13-16,19-20,27-28,43-44H,17-18,21-22H2,1-12H3,(H,41,47)(H,42,48)/t27-,28-/m1/s1. The fourth-order valence-corrected chi connectivity index (χ4v) is 4.64. The molecule has 0 fully saturated rings. The maximum Gasteiger partial charge on any atom is 0.329 e. The van der Waals surface area contributed by atoms with E-state index >= 15 is 0 Å². The number of hydrogen-bond donors (Lipinski definition) is 4. The lowest BCUT2D eigenvalue weighted by molar-refractivity contribution is -0.164. The summed E-state index contributed by atoms with van der Waals surface area (Å²) in [5.41, 5.74) is -3.81. The van der Waals surface area contributed by atoms with Crippen molar-refractivity contribution in [3.63, 3.8) is 0 Å². The summed E-state index contributed by atoms with van der Waals surface area (Å²) >= 11 is 0. The highest BCUT2D eigenvalue weighted by Crippen LogP contribution is 2.27. The van der Waals surface area contributed by atoms with Crippen molar-refractivity contribution in [2.24, 2.45) is 0 Å². The predicted molar refractivity (Wildman–Crippen MR) is 202 cm³/mol. The third-order valence-corrected chi connectivity index (χ3v) is 6.59. The van der Waals surface area contributed by atoms with Gasteiger partial charge < -0.3 is 49.3 Å². The number of amides is 2. The Balaban J connectivity index is 2.25. The normalized spacial score (nSPS) is 13.0. The van der Waals surface area contributed by atoms with E-state index in [2.05, 4.69) is 10.6 Å². The highest BCUT2D eigenvalue weighted by atomic mass is 16.6. The third-order valence-electron chi connectivity index (χ3n) is 6.59. The van der Waals surface area contributed by atoms with Crippen molar-refractivity contribution in [3.05, 3.63) is 47.5 Å². The second-order valence-corrected chi connectivity index (χ2v) is 16.8. The van der Waals surface area contributed by atoms with E-state index in [1.165, 1.54) is 24.3 Å². The molecule has 0 saturated heterocycles. The van der Waals surface area contributed by atoms with Crippen LogP contribution in [0, 0.1) is 0 Å². The molecule has 2 aromatic carbocycles. The van der Waals surface area contributed by atoms with Crippen LogP contribution in [-0.2, 0) is 38.1 Å². The Labute approximate surface area is 327 Å². The molecule has 2 atom stereocenters. The summed E-state index contributed by atoms with van der Waals surface area (Å²) in [6.07, 6.45) is -1.06. The van der Waals surface area contributed by atoms with E-state index in [1.807, 2.05) is 0 Å². The van der Waals surface area contributed by atoms with Crippen molar-refractivity contribution in [3.8, 4) is 23.0 Å². The maximum atomic E-state index is 13.5. The molecule has 0 bridgehead atoms. The first-order valence-corrected chi connectivity index (χ1v) is 17.9. The summed E-state index contributed by atoms with van der Waals surface area (Å²) in [5, 5.41) is 25.3.